The predicted molar refractivity (Wildman–Crippen MR) is 62.1 cm³/mol. The second-order valence-corrected chi connectivity index (χ2v) is 5.13. The number of amides is 1. The zero-order valence-electron chi connectivity index (χ0n) is 10.2. The maximum Gasteiger partial charge on any atom is 0.223 e. The van der Waals surface area contributed by atoms with E-state index in [1.807, 2.05) is 6.92 Å². The highest BCUT2D eigenvalue weighted by Crippen LogP contribution is 2.19. The van der Waals surface area contributed by atoms with E-state index in [0.717, 1.165) is 32.7 Å². The third kappa shape index (κ3) is 2.55. The fourth-order valence-electron chi connectivity index (χ4n) is 2.30. The van der Waals surface area contributed by atoms with Crippen molar-refractivity contribution in [3.05, 3.63) is 0 Å². The summed E-state index contributed by atoms with van der Waals surface area (Å²) >= 11 is 0. The molecule has 0 aromatic heterocycles. The van der Waals surface area contributed by atoms with E-state index in [1.165, 1.54) is 0 Å². The normalized spacial score (nSPS) is 29.5. The molecule has 1 amide bonds. The molecule has 0 spiro atoms. The van der Waals surface area contributed by atoms with Gasteiger partial charge in [-0.3, -0.25) is 4.79 Å². The largest absolute Gasteiger partial charge is 0.381 e. The van der Waals surface area contributed by atoms with Crippen LogP contribution in [0.25, 0.3) is 0 Å². The van der Waals surface area contributed by atoms with E-state index in [2.05, 4.69) is 17.6 Å². The van der Waals surface area contributed by atoms with Crippen molar-refractivity contribution < 1.29 is 9.53 Å². The SMILES string of the molecule is CC(NC(=O)C(C)C1CNC1)C1CCOC1. The Hall–Kier alpha value is -0.610. The van der Waals surface area contributed by atoms with Gasteiger partial charge in [0.05, 0.1) is 6.61 Å². The lowest BCUT2D eigenvalue weighted by Crippen LogP contribution is -2.51. The van der Waals surface area contributed by atoms with Gasteiger partial charge in [0.2, 0.25) is 5.91 Å². The van der Waals surface area contributed by atoms with E-state index < -0.39 is 0 Å². The van der Waals surface area contributed by atoms with Crippen LogP contribution in [-0.4, -0.2) is 38.3 Å². The van der Waals surface area contributed by atoms with Crippen LogP contribution in [-0.2, 0) is 9.53 Å². The summed E-state index contributed by atoms with van der Waals surface area (Å²) in [5.74, 6) is 1.35. The van der Waals surface area contributed by atoms with Crippen molar-refractivity contribution in [2.45, 2.75) is 26.3 Å². The zero-order valence-corrected chi connectivity index (χ0v) is 10.2. The summed E-state index contributed by atoms with van der Waals surface area (Å²) in [6, 6.07) is 0.241. The molecule has 0 aromatic carbocycles. The Bertz CT molecular complexity index is 247. The lowest BCUT2D eigenvalue weighted by molar-refractivity contribution is -0.127. The van der Waals surface area contributed by atoms with Gasteiger partial charge in [0, 0.05) is 24.5 Å². The number of hydrogen-bond donors (Lipinski definition) is 2. The molecule has 4 heteroatoms. The summed E-state index contributed by atoms with van der Waals surface area (Å²) in [6.07, 6.45) is 1.07. The molecule has 2 fully saturated rings. The maximum absolute atomic E-state index is 12.0. The Labute approximate surface area is 97.1 Å². The van der Waals surface area contributed by atoms with Gasteiger partial charge < -0.3 is 15.4 Å². The summed E-state index contributed by atoms with van der Waals surface area (Å²) in [6.45, 7) is 7.71. The highest BCUT2D eigenvalue weighted by Gasteiger charge is 2.31. The Balaban J connectivity index is 1.76. The third-order valence-electron chi connectivity index (χ3n) is 3.98. The first-order valence-electron chi connectivity index (χ1n) is 6.27. The van der Waals surface area contributed by atoms with Crippen LogP contribution in [0.4, 0.5) is 0 Å². The molecule has 0 saturated carbocycles. The fourth-order valence-corrected chi connectivity index (χ4v) is 2.30. The topological polar surface area (TPSA) is 50.4 Å². The van der Waals surface area contributed by atoms with Crippen LogP contribution in [0.2, 0.25) is 0 Å². The van der Waals surface area contributed by atoms with Crippen molar-refractivity contribution >= 4 is 5.91 Å². The van der Waals surface area contributed by atoms with E-state index in [-0.39, 0.29) is 17.9 Å². The van der Waals surface area contributed by atoms with Gasteiger partial charge in [0.1, 0.15) is 0 Å². The van der Waals surface area contributed by atoms with Crippen LogP contribution < -0.4 is 10.6 Å². The van der Waals surface area contributed by atoms with Crippen LogP contribution >= 0.6 is 0 Å². The average Bonchev–Trinajstić information content (AvgIpc) is 2.67. The van der Waals surface area contributed by atoms with Gasteiger partial charge in [0.25, 0.3) is 0 Å². The Kier molecular flexibility index (Phi) is 3.82. The number of nitrogens with one attached hydrogen (secondary N) is 2. The number of rotatable bonds is 4. The molecule has 0 aliphatic carbocycles. The molecule has 92 valence electrons. The molecule has 2 aliphatic rings. The minimum Gasteiger partial charge on any atom is -0.381 e. The molecule has 0 radical (unpaired) electrons. The van der Waals surface area contributed by atoms with Crippen molar-refractivity contribution in [1.29, 1.82) is 0 Å². The molecule has 0 bridgehead atoms. The fraction of sp³-hybridized carbons (Fsp3) is 0.917. The van der Waals surface area contributed by atoms with Gasteiger partial charge in [-0.05, 0) is 32.4 Å². The van der Waals surface area contributed by atoms with Gasteiger partial charge in [-0.2, -0.15) is 0 Å². The van der Waals surface area contributed by atoms with Crippen LogP contribution in [0.1, 0.15) is 20.3 Å². The maximum atomic E-state index is 12.0. The first-order chi connectivity index (χ1) is 7.68. The lowest BCUT2D eigenvalue weighted by Gasteiger charge is -2.33. The number of hydrogen-bond acceptors (Lipinski definition) is 3. The highest BCUT2D eigenvalue weighted by atomic mass is 16.5. The van der Waals surface area contributed by atoms with Crippen molar-refractivity contribution in [3.8, 4) is 0 Å². The van der Waals surface area contributed by atoms with E-state index in [9.17, 15) is 4.79 Å². The van der Waals surface area contributed by atoms with Gasteiger partial charge in [-0.15, -0.1) is 0 Å². The molecule has 2 rings (SSSR count). The number of ether oxygens (including phenoxy) is 1. The quantitative estimate of drug-likeness (QED) is 0.729. The zero-order chi connectivity index (χ0) is 11.5. The van der Waals surface area contributed by atoms with Crippen LogP contribution in [0, 0.1) is 17.8 Å². The molecule has 16 heavy (non-hydrogen) atoms. The first-order valence-corrected chi connectivity index (χ1v) is 6.27. The van der Waals surface area contributed by atoms with Crippen LogP contribution in [0.15, 0.2) is 0 Å². The number of carbonyl (C=O) groups excluding carboxylic acids is 1. The molecule has 4 nitrogen and oxygen atoms in total. The minimum atomic E-state index is 0.131. The molecule has 2 N–H and O–H groups in total. The number of carbonyl (C=O) groups is 1. The molecule has 3 unspecified atom stereocenters. The molecular weight excluding hydrogens is 204 g/mol. The van der Waals surface area contributed by atoms with Crippen molar-refractivity contribution in [2.75, 3.05) is 26.3 Å². The highest BCUT2D eigenvalue weighted by molar-refractivity contribution is 5.79. The predicted octanol–water partition coefficient (Wildman–Crippen LogP) is 0.383. The summed E-state index contributed by atoms with van der Waals surface area (Å²) in [5.41, 5.74) is 0. The van der Waals surface area contributed by atoms with Crippen molar-refractivity contribution in [1.82, 2.24) is 10.6 Å². The minimum absolute atomic E-state index is 0.131. The smallest absolute Gasteiger partial charge is 0.223 e. The second-order valence-electron chi connectivity index (χ2n) is 5.13. The average molecular weight is 226 g/mol. The Morgan fingerprint density at radius 1 is 1.38 bits per heavy atom. The molecule has 2 aliphatic heterocycles. The third-order valence-corrected chi connectivity index (χ3v) is 3.98. The molecule has 0 aromatic rings. The summed E-state index contributed by atoms with van der Waals surface area (Å²) in [5, 5.41) is 6.33. The van der Waals surface area contributed by atoms with Gasteiger partial charge in [-0.1, -0.05) is 6.92 Å². The molecular formula is C12H22N2O2. The summed E-state index contributed by atoms with van der Waals surface area (Å²) < 4.78 is 5.34. The van der Waals surface area contributed by atoms with E-state index in [4.69, 9.17) is 4.74 Å². The molecule has 2 saturated heterocycles. The van der Waals surface area contributed by atoms with Crippen molar-refractivity contribution in [2.24, 2.45) is 17.8 Å². The van der Waals surface area contributed by atoms with Crippen LogP contribution in [0.5, 0.6) is 0 Å². The first kappa shape index (κ1) is 11.9. The van der Waals surface area contributed by atoms with Gasteiger partial charge >= 0.3 is 0 Å². The summed E-state index contributed by atoms with van der Waals surface area (Å²) in [7, 11) is 0. The molecule has 3 atom stereocenters. The lowest BCUT2D eigenvalue weighted by atomic mass is 9.88. The second kappa shape index (κ2) is 5.15. The summed E-state index contributed by atoms with van der Waals surface area (Å²) in [4.78, 5) is 12.0. The van der Waals surface area contributed by atoms with Crippen molar-refractivity contribution in [3.63, 3.8) is 0 Å². The Morgan fingerprint density at radius 3 is 2.62 bits per heavy atom. The Morgan fingerprint density at radius 2 is 2.12 bits per heavy atom. The van der Waals surface area contributed by atoms with Gasteiger partial charge in [0.15, 0.2) is 0 Å². The standard InChI is InChI=1S/C12H22N2O2/c1-8(11-5-13-6-11)12(15)14-9(2)10-3-4-16-7-10/h8-11,13H,3-7H2,1-2H3,(H,14,15). The van der Waals surface area contributed by atoms with Crippen LogP contribution in [0.3, 0.4) is 0 Å². The van der Waals surface area contributed by atoms with Gasteiger partial charge in [-0.25, -0.2) is 0 Å². The van der Waals surface area contributed by atoms with E-state index in [0.29, 0.717) is 11.8 Å². The monoisotopic (exact) mass is 226 g/mol. The van der Waals surface area contributed by atoms with E-state index in [1.54, 1.807) is 0 Å². The molecule has 2 heterocycles. The van der Waals surface area contributed by atoms with E-state index >= 15 is 0 Å².